The molecule has 0 aliphatic carbocycles. The molecule has 1 atom stereocenters. The van der Waals surface area contributed by atoms with Crippen LogP contribution in [-0.4, -0.2) is 33.3 Å². The van der Waals surface area contributed by atoms with Gasteiger partial charge < -0.3 is 19.1 Å². The summed E-state index contributed by atoms with van der Waals surface area (Å²) >= 11 is 5.79. The molecule has 1 N–H and O–H groups in total. The molecule has 2 heterocycles. The topological polar surface area (TPSA) is 73.6 Å². The van der Waals surface area contributed by atoms with E-state index in [2.05, 4.69) is 4.98 Å². The summed E-state index contributed by atoms with van der Waals surface area (Å²) in [6, 6.07) is 17.7. The Morgan fingerprint density at radius 2 is 1.69 bits per heavy atom. The molecule has 1 saturated heterocycles. The van der Waals surface area contributed by atoms with Crippen molar-refractivity contribution in [2.45, 2.75) is 32.1 Å². The predicted molar refractivity (Wildman–Crippen MR) is 151 cm³/mol. The predicted octanol–water partition coefficient (Wildman–Crippen LogP) is 7.43. The summed E-state index contributed by atoms with van der Waals surface area (Å²) in [6.07, 6.45) is 1.02. The first-order chi connectivity index (χ1) is 20.2. The van der Waals surface area contributed by atoms with Gasteiger partial charge in [-0.1, -0.05) is 35.9 Å². The minimum atomic E-state index is -1.04. The zero-order valence-electron chi connectivity index (χ0n) is 22.1. The average molecular weight is 593 g/mol. The van der Waals surface area contributed by atoms with Crippen LogP contribution in [0.3, 0.4) is 0 Å². The summed E-state index contributed by atoms with van der Waals surface area (Å²) in [5.41, 5.74) is 3.03. The van der Waals surface area contributed by atoms with E-state index in [0.717, 1.165) is 12.5 Å². The molecule has 6 nitrogen and oxygen atoms in total. The highest BCUT2D eigenvalue weighted by Gasteiger charge is 2.23. The summed E-state index contributed by atoms with van der Waals surface area (Å²) in [4.78, 5) is 16.2. The number of ether oxygens (including phenoxy) is 2. The van der Waals surface area contributed by atoms with E-state index >= 15 is 4.39 Å². The molecule has 42 heavy (non-hydrogen) atoms. The van der Waals surface area contributed by atoms with Crippen LogP contribution in [0, 0.1) is 17.5 Å². The van der Waals surface area contributed by atoms with E-state index in [-0.39, 0.29) is 41.0 Å². The third-order valence-electron chi connectivity index (χ3n) is 7.32. The van der Waals surface area contributed by atoms with Crippen molar-refractivity contribution in [2.75, 3.05) is 6.61 Å². The van der Waals surface area contributed by atoms with Crippen molar-refractivity contribution < 1.29 is 32.5 Å². The molecular weight excluding hydrogens is 569 g/mol. The lowest BCUT2D eigenvalue weighted by Crippen LogP contribution is -2.31. The SMILES string of the molecule is O=C(O)c1ccc2nc(Cc3ccc(-c4ccc(F)c(OCc5ccc(Cl)cc5F)c4)cc3F)n(CC3CCO3)c2c1. The maximum atomic E-state index is 15.4. The largest absolute Gasteiger partial charge is 0.486 e. The van der Waals surface area contributed by atoms with E-state index < -0.39 is 23.4 Å². The molecule has 0 saturated carbocycles. The van der Waals surface area contributed by atoms with Gasteiger partial charge in [-0.05, 0) is 71.6 Å². The monoisotopic (exact) mass is 592 g/mol. The standard InChI is InChI=1S/C32H24ClF3N2O4/c33-23-6-3-22(27(36)15-23)17-42-30-13-19(4-7-25(30)34)18-1-2-20(26(35)11-18)14-31-37-28-8-5-21(32(39)40)12-29(28)38(31)16-24-9-10-41-24/h1-8,11-13,15,24H,9-10,14,16-17H2,(H,39,40). The fraction of sp³-hybridized carbons (Fsp3) is 0.188. The zero-order chi connectivity index (χ0) is 29.4. The normalized spacial score (nSPS) is 14.6. The van der Waals surface area contributed by atoms with E-state index in [9.17, 15) is 18.7 Å². The van der Waals surface area contributed by atoms with Crippen LogP contribution in [0.4, 0.5) is 13.2 Å². The smallest absolute Gasteiger partial charge is 0.335 e. The minimum absolute atomic E-state index is 0.0204. The number of hydrogen-bond donors (Lipinski definition) is 1. The Labute approximate surface area is 243 Å². The highest BCUT2D eigenvalue weighted by molar-refractivity contribution is 6.30. The first kappa shape index (κ1) is 27.8. The molecule has 0 amide bonds. The van der Waals surface area contributed by atoms with Gasteiger partial charge in [-0.15, -0.1) is 0 Å². The Hall–Kier alpha value is -4.34. The van der Waals surface area contributed by atoms with Gasteiger partial charge in [0.1, 0.15) is 24.1 Å². The number of aromatic nitrogens is 2. The Morgan fingerprint density at radius 3 is 2.40 bits per heavy atom. The van der Waals surface area contributed by atoms with Gasteiger partial charge in [-0.25, -0.2) is 22.9 Å². The number of aromatic carboxylic acids is 1. The van der Waals surface area contributed by atoms with Crippen molar-refractivity contribution >= 4 is 28.6 Å². The van der Waals surface area contributed by atoms with Crippen LogP contribution in [0.5, 0.6) is 5.75 Å². The van der Waals surface area contributed by atoms with Crippen LogP contribution >= 0.6 is 11.6 Å². The van der Waals surface area contributed by atoms with Crippen molar-refractivity contribution in [3.8, 4) is 16.9 Å². The van der Waals surface area contributed by atoms with Crippen LogP contribution < -0.4 is 4.74 Å². The molecule has 1 aliphatic heterocycles. The van der Waals surface area contributed by atoms with Crippen molar-refractivity contribution in [2.24, 2.45) is 0 Å². The summed E-state index contributed by atoms with van der Waals surface area (Å²) in [7, 11) is 0. The third kappa shape index (κ3) is 5.70. The maximum Gasteiger partial charge on any atom is 0.335 e. The fourth-order valence-electron chi connectivity index (χ4n) is 4.90. The summed E-state index contributed by atoms with van der Waals surface area (Å²) in [5, 5.41) is 9.70. The number of carboxylic acid groups (broad SMARTS) is 1. The Morgan fingerprint density at radius 1 is 0.952 bits per heavy atom. The number of nitrogens with zero attached hydrogens (tertiary/aromatic N) is 2. The number of rotatable bonds is 9. The van der Waals surface area contributed by atoms with Gasteiger partial charge >= 0.3 is 5.97 Å². The van der Waals surface area contributed by atoms with Gasteiger partial charge in [0.25, 0.3) is 0 Å². The summed E-state index contributed by atoms with van der Waals surface area (Å²) < 4.78 is 57.1. The van der Waals surface area contributed by atoms with Gasteiger partial charge in [0.2, 0.25) is 0 Å². The second-order valence-electron chi connectivity index (χ2n) is 10.1. The van der Waals surface area contributed by atoms with Crippen molar-refractivity contribution in [3.63, 3.8) is 0 Å². The lowest BCUT2D eigenvalue weighted by atomic mass is 10.0. The number of benzene rings is 4. The molecule has 4 aromatic carbocycles. The molecule has 0 spiro atoms. The first-order valence-corrected chi connectivity index (χ1v) is 13.6. The number of halogens is 4. The maximum absolute atomic E-state index is 15.4. The number of carbonyl (C=O) groups is 1. The molecule has 1 fully saturated rings. The van der Waals surface area contributed by atoms with Crippen LogP contribution in [0.25, 0.3) is 22.2 Å². The van der Waals surface area contributed by atoms with Gasteiger partial charge in [0.15, 0.2) is 11.6 Å². The van der Waals surface area contributed by atoms with E-state index in [1.807, 2.05) is 4.57 Å². The zero-order valence-corrected chi connectivity index (χ0v) is 22.9. The second kappa shape index (κ2) is 11.5. The third-order valence-corrected chi connectivity index (χ3v) is 7.55. The molecule has 1 unspecified atom stereocenters. The summed E-state index contributed by atoms with van der Waals surface area (Å²) in [5.74, 6) is -2.23. The lowest BCUT2D eigenvalue weighted by Gasteiger charge is -2.27. The highest BCUT2D eigenvalue weighted by atomic mass is 35.5. The number of hydrogen-bond acceptors (Lipinski definition) is 4. The van der Waals surface area contributed by atoms with Crippen LogP contribution in [0.15, 0.2) is 72.8 Å². The Kier molecular flexibility index (Phi) is 7.62. The van der Waals surface area contributed by atoms with Crippen LogP contribution in [0.2, 0.25) is 5.02 Å². The molecular formula is C32H24ClF3N2O4. The second-order valence-corrected chi connectivity index (χ2v) is 10.5. The van der Waals surface area contributed by atoms with Gasteiger partial charge in [0.05, 0.1) is 29.2 Å². The van der Waals surface area contributed by atoms with Crippen LogP contribution in [-0.2, 0) is 24.3 Å². The number of carboxylic acids is 1. The number of fused-ring (bicyclic) bond motifs is 1. The first-order valence-electron chi connectivity index (χ1n) is 13.2. The molecule has 0 bridgehead atoms. The molecule has 0 radical (unpaired) electrons. The van der Waals surface area contributed by atoms with E-state index in [1.54, 1.807) is 24.3 Å². The van der Waals surface area contributed by atoms with Crippen LogP contribution in [0.1, 0.15) is 33.7 Å². The van der Waals surface area contributed by atoms with Gasteiger partial charge in [-0.2, -0.15) is 0 Å². The van der Waals surface area contributed by atoms with E-state index in [4.69, 9.17) is 21.1 Å². The average Bonchev–Trinajstić information content (AvgIpc) is 3.28. The lowest BCUT2D eigenvalue weighted by molar-refractivity contribution is -0.0589. The van der Waals surface area contributed by atoms with E-state index in [0.29, 0.717) is 46.7 Å². The number of imidazole rings is 1. The Balaban J connectivity index is 1.25. The van der Waals surface area contributed by atoms with Crippen molar-refractivity contribution in [3.05, 3.63) is 118 Å². The minimum Gasteiger partial charge on any atom is -0.486 e. The molecule has 10 heteroatoms. The molecule has 214 valence electrons. The van der Waals surface area contributed by atoms with Gasteiger partial charge in [-0.3, -0.25) is 0 Å². The molecule has 1 aromatic heterocycles. The fourth-order valence-corrected chi connectivity index (χ4v) is 5.06. The molecule has 5 aromatic rings. The van der Waals surface area contributed by atoms with Crippen molar-refractivity contribution in [1.82, 2.24) is 9.55 Å². The summed E-state index contributed by atoms with van der Waals surface area (Å²) in [6.45, 7) is 0.932. The highest BCUT2D eigenvalue weighted by Crippen LogP contribution is 2.30. The Bertz CT molecular complexity index is 1820. The molecule has 6 rings (SSSR count). The van der Waals surface area contributed by atoms with E-state index in [1.165, 1.54) is 42.5 Å². The quantitative estimate of drug-likeness (QED) is 0.193. The van der Waals surface area contributed by atoms with Crippen molar-refractivity contribution in [1.29, 1.82) is 0 Å². The molecule has 1 aliphatic rings. The van der Waals surface area contributed by atoms with Gasteiger partial charge in [0, 0.05) is 23.6 Å².